The molecule has 0 saturated carbocycles. The van der Waals surface area contributed by atoms with Crippen LogP contribution < -0.4 is 10.1 Å². The van der Waals surface area contributed by atoms with Crippen molar-refractivity contribution in [1.82, 2.24) is 5.32 Å². The Labute approximate surface area is 100.0 Å². The van der Waals surface area contributed by atoms with E-state index in [2.05, 4.69) is 5.32 Å². The number of amides is 1. The van der Waals surface area contributed by atoms with Crippen LogP contribution in [0.1, 0.15) is 35.7 Å². The Morgan fingerprint density at radius 1 is 1.41 bits per heavy atom. The van der Waals surface area contributed by atoms with Crippen molar-refractivity contribution in [2.24, 2.45) is 0 Å². The quantitative estimate of drug-likeness (QED) is 0.852. The number of Topliss-reactive ketones (excluding diaryl/α,β-unsaturated/α-hetero) is 1. The van der Waals surface area contributed by atoms with Crippen LogP contribution in [0.2, 0.25) is 0 Å². The van der Waals surface area contributed by atoms with Crippen molar-refractivity contribution in [2.75, 3.05) is 6.54 Å². The second kappa shape index (κ2) is 4.99. The normalized spacial score (nSPS) is 14.1. The number of ketones is 1. The maximum atomic E-state index is 11.6. The molecule has 1 amide bonds. The van der Waals surface area contributed by atoms with Crippen LogP contribution in [0.5, 0.6) is 5.75 Å². The number of carbonyl (C=O) groups is 2. The molecule has 0 aliphatic heterocycles. The summed E-state index contributed by atoms with van der Waals surface area (Å²) < 4.78 is 5.09. The predicted octanol–water partition coefficient (Wildman–Crippen LogP) is 2.31. The lowest BCUT2D eigenvalue weighted by Crippen LogP contribution is -2.26. The van der Waals surface area contributed by atoms with Crippen molar-refractivity contribution in [3.63, 3.8) is 0 Å². The number of rotatable bonds is 2. The molecule has 1 aliphatic carbocycles. The highest BCUT2D eigenvalue weighted by molar-refractivity contribution is 5.98. The number of benzene rings is 1. The number of aryl methyl sites for hydroxylation is 1. The van der Waals surface area contributed by atoms with Gasteiger partial charge in [0.2, 0.25) is 0 Å². The molecular weight excluding hydrogens is 218 g/mol. The van der Waals surface area contributed by atoms with Gasteiger partial charge >= 0.3 is 6.09 Å². The van der Waals surface area contributed by atoms with Gasteiger partial charge in [-0.05, 0) is 43.5 Å². The van der Waals surface area contributed by atoms with Gasteiger partial charge in [0.15, 0.2) is 5.78 Å². The predicted molar refractivity (Wildman–Crippen MR) is 63.4 cm³/mol. The second-order valence-corrected chi connectivity index (χ2v) is 4.02. The fraction of sp³-hybridized carbons (Fsp3) is 0.385. The highest BCUT2D eigenvalue weighted by atomic mass is 16.6. The summed E-state index contributed by atoms with van der Waals surface area (Å²) in [5.41, 5.74) is 1.74. The third kappa shape index (κ3) is 2.64. The van der Waals surface area contributed by atoms with Crippen molar-refractivity contribution < 1.29 is 14.3 Å². The first-order chi connectivity index (χ1) is 8.20. The summed E-state index contributed by atoms with van der Waals surface area (Å²) >= 11 is 0. The molecule has 0 spiro atoms. The minimum atomic E-state index is -0.463. The van der Waals surface area contributed by atoms with Crippen LogP contribution in [0, 0.1) is 0 Å². The molecule has 0 heterocycles. The highest BCUT2D eigenvalue weighted by Gasteiger charge is 2.17. The van der Waals surface area contributed by atoms with Crippen LogP contribution in [0.3, 0.4) is 0 Å². The molecule has 1 aliphatic rings. The number of nitrogens with one attached hydrogen (secondary N) is 1. The van der Waals surface area contributed by atoms with Gasteiger partial charge in [0.25, 0.3) is 0 Å². The van der Waals surface area contributed by atoms with Gasteiger partial charge in [-0.2, -0.15) is 0 Å². The van der Waals surface area contributed by atoms with Crippen LogP contribution in [0.25, 0.3) is 0 Å². The van der Waals surface area contributed by atoms with Crippen LogP contribution in [-0.2, 0) is 6.42 Å². The summed E-state index contributed by atoms with van der Waals surface area (Å²) in [6.45, 7) is 2.36. The molecule has 1 aromatic carbocycles. The maximum absolute atomic E-state index is 11.6. The van der Waals surface area contributed by atoms with E-state index in [1.165, 1.54) is 0 Å². The van der Waals surface area contributed by atoms with Crippen LogP contribution in [0.4, 0.5) is 4.79 Å². The Balaban J connectivity index is 2.16. The van der Waals surface area contributed by atoms with Crippen LogP contribution >= 0.6 is 0 Å². The van der Waals surface area contributed by atoms with E-state index in [1.54, 1.807) is 18.2 Å². The van der Waals surface area contributed by atoms with Gasteiger partial charge in [-0.1, -0.05) is 0 Å². The topological polar surface area (TPSA) is 55.4 Å². The molecule has 0 fully saturated rings. The highest BCUT2D eigenvalue weighted by Crippen LogP contribution is 2.25. The standard InChI is InChI=1S/C13H15NO3/c1-2-14-13(16)17-10-6-7-11-9(8-10)4-3-5-12(11)15/h6-8H,2-5H2,1H3,(H,14,16). The Morgan fingerprint density at radius 2 is 2.24 bits per heavy atom. The van der Waals surface area contributed by atoms with Gasteiger partial charge in [-0.25, -0.2) is 4.79 Å². The number of carbonyl (C=O) groups excluding carboxylic acids is 2. The lowest BCUT2D eigenvalue weighted by Gasteiger charge is -2.15. The molecule has 4 nitrogen and oxygen atoms in total. The zero-order valence-electron chi connectivity index (χ0n) is 9.79. The molecule has 4 heteroatoms. The lowest BCUT2D eigenvalue weighted by atomic mass is 9.91. The third-order valence-corrected chi connectivity index (χ3v) is 2.76. The first-order valence-corrected chi connectivity index (χ1v) is 5.82. The molecule has 0 aromatic heterocycles. The first-order valence-electron chi connectivity index (χ1n) is 5.82. The summed E-state index contributed by atoms with van der Waals surface area (Å²) in [7, 11) is 0. The minimum Gasteiger partial charge on any atom is -0.410 e. The number of hydrogen-bond donors (Lipinski definition) is 1. The second-order valence-electron chi connectivity index (χ2n) is 4.02. The van der Waals surface area contributed by atoms with Gasteiger partial charge < -0.3 is 10.1 Å². The van der Waals surface area contributed by atoms with Crippen molar-refractivity contribution >= 4 is 11.9 Å². The fourth-order valence-electron chi connectivity index (χ4n) is 1.97. The summed E-state index contributed by atoms with van der Waals surface area (Å²) in [6.07, 6.45) is 1.89. The van der Waals surface area contributed by atoms with E-state index in [-0.39, 0.29) is 5.78 Å². The van der Waals surface area contributed by atoms with Crippen molar-refractivity contribution in [3.05, 3.63) is 29.3 Å². The van der Waals surface area contributed by atoms with Crippen molar-refractivity contribution in [1.29, 1.82) is 0 Å². The largest absolute Gasteiger partial charge is 0.412 e. The average Bonchev–Trinajstić information content (AvgIpc) is 2.29. The lowest BCUT2D eigenvalue weighted by molar-refractivity contribution is 0.0972. The first kappa shape index (κ1) is 11.6. The Hall–Kier alpha value is -1.84. The summed E-state index contributed by atoms with van der Waals surface area (Å²) in [5.74, 6) is 0.667. The zero-order valence-corrected chi connectivity index (χ0v) is 9.79. The van der Waals surface area contributed by atoms with E-state index >= 15 is 0 Å². The number of fused-ring (bicyclic) bond motifs is 1. The van der Waals surface area contributed by atoms with Crippen molar-refractivity contribution in [3.8, 4) is 5.75 Å². The molecule has 0 radical (unpaired) electrons. The van der Waals surface area contributed by atoms with Crippen LogP contribution in [-0.4, -0.2) is 18.4 Å². The van der Waals surface area contributed by atoms with Gasteiger partial charge in [-0.3, -0.25) is 4.79 Å². The van der Waals surface area contributed by atoms with E-state index in [4.69, 9.17) is 4.74 Å². The SMILES string of the molecule is CCNC(=O)Oc1ccc2c(c1)CCCC2=O. The molecule has 1 N–H and O–H groups in total. The molecule has 0 bridgehead atoms. The molecular formula is C13H15NO3. The van der Waals surface area contributed by atoms with Gasteiger partial charge in [0, 0.05) is 18.5 Å². The Kier molecular flexibility index (Phi) is 3.42. The van der Waals surface area contributed by atoms with E-state index in [1.807, 2.05) is 6.92 Å². The molecule has 0 saturated heterocycles. The van der Waals surface area contributed by atoms with E-state index < -0.39 is 6.09 Å². The van der Waals surface area contributed by atoms with E-state index in [0.717, 1.165) is 24.0 Å². The molecule has 17 heavy (non-hydrogen) atoms. The summed E-state index contributed by atoms with van der Waals surface area (Å²) in [6, 6.07) is 5.18. The van der Waals surface area contributed by atoms with Crippen LogP contribution in [0.15, 0.2) is 18.2 Å². The van der Waals surface area contributed by atoms with Gasteiger partial charge in [0.1, 0.15) is 5.75 Å². The molecule has 0 atom stereocenters. The zero-order chi connectivity index (χ0) is 12.3. The smallest absolute Gasteiger partial charge is 0.410 e. The van der Waals surface area contributed by atoms with E-state index in [0.29, 0.717) is 18.7 Å². The minimum absolute atomic E-state index is 0.177. The summed E-state index contributed by atoms with van der Waals surface area (Å²) in [5, 5.41) is 2.55. The monoisotopic (exact) mass is 233 g/mol. The summed E-state index contributed by atoms with van der Waals surface area (Å²) in [4.78, 5) is 22.8. The number of hydrogen-bond acceptors (Lipinski definition) is 3. The number of ether oxygens (including phenoxy) is 1. The maximum Gasteiger partial charge on any atom is 0.412 e. The van der Waals surface area contributed by atoms with E-state index in [9.17, 15) is 9.59 Å². The average molecular weight is 233 g/mol. The third-order valence-electron chi connectivity index (χ3n) is 2.76. The van der Waals surface area contributed by atoms with Gasteiger partial charge in [0.05, 0.1) is 0 Å². The molecule has 0 unspecified atom stereocenters. The van der Waals surface area contributed by atoms with Crippen molar-refractivity contribution in [2.45, 2.75) is 26.2 Å². The Morgan fingerprint density at radius 3 is 3.00 bits per heavy atom. The molecule has 2 rings (SSSR count). The molecule has 90 valence electrons. The molecule has 1 aromatic rings. The fourth-order valence-corrected chi connectivity index (χ4v) is 1.97. The Bertz CT molecular complexity index is 454. The van der Waals surface area contributed by atoms with Gasteiger partial charge in [-0.15, -0.1) is 0 Å².